The van der Waals surface area contributed by atoms with Crippen LogP contribution in [0.3, 0.4) is 0 Å². The first-order chi connectivity index (χ1) is 6.24. The van der Waals surface area contributed by atoms with Gasteiger partial charge in [-0.05, 0) is 18.9 Å². The largest absolute Gasteiger partial charge is 0.469 e. The molecule has 3 nitrogen and oxygen atoms in total. The summed E-state index contributed by atoms with van der Waals surface area (Å²) in [5.41, 5.74) is 0. The summed E-state index contributed by atoms with van der Waals surface area (Å²) in [5.74, 6) is 0.584. The van der Waals surface area contributed by atoms with Gasteiger partial charge >= 0.3 is 5.97 Å². The van der Waals surface area contributed by atoms with Gasteiger partial charge in [-0.25, -0.2) is 0 Å². The van der Waals surface area contributed by atoms with Gasteiger partial charge in [0.05, 0.1) is 13.0 Å². The molecule has 1 aliphatic heterocycles. The molecule has 0 bridgehead atoms. The summed E-state index contributed by atoms with van der Waals surface area (Å²) >= 11 is 0. The highest BCUT2D eigenvalue weighted by Crippen LogP contribution is 2.16. The molecule has 1 saturated heterocycles. The van der Waals surface area contributed by atoms with E-state index in [4.69, 9.17) is 0 Å². The minimum Gasteiger partial charge on any atom is -0.469 e. The molecule has 0 saturated carbocycles. The fraction of sp³-hybridized carbons (Fsp3) is 0.900. The topological polar surface area (TPSA) is 38.3 Å². The van der Waals surface area contributed by atoms with Gasteiger partial charge in [-0.1, -0.05) is 20.8 Å². The molecule has 0 amide bonds. The molecule has 13 heavy (non-hydrogen) atoms. The minimum atomic E-state index is -0.0796. The van der Waals surface area contributed by atoms with Crippen LogP contribution in [0.25, 0.3) is 0 Å². The van der Waals surface area contributed by atoms with Crippen molar-refractivity contribution in [3.8, 4) is 0 Å². The molecular weight excluding hydrogens is 166 g/mol. The second-order valence-corrected chi connectivity index (χ2v) is 3.22. The molecule has 1 heterocycles. The number of esters is 1. The van der Waals surface area contributed by atoms with E-state index in [1.807, 2.05) is 13.8 Å². The van der Waals surface area contributed by atoms with Crippen molar-refractivity contribution in [3.63, 3.8) is 0 Å². The zero-order valence-electron chi connectivity index (χ0n) is 9.09. The van der Waals surface area contributed by atoms with E-state index in [1.54, 1.807) is 0 Å². The lowest BCUT2D eigenvalue weighted by Gasteiger charge is -2.25. The lowest BCUT2D eigenvalue weighted by Crippen LogP contribution is -2.39. The molecule has 0 spiro atoms. The van der Waals surface area contributed by atoms with E-state index in [0.29, 0.717) is 5.92 Å². The fourth-order valence-electron chi connectivity index (χ4n) is 1.50. The van der Waals surface area contributed by atoms with E-state index < -0.39 is 0 Å². The number of carbonyl (C=O) groups excluding carboxylic acids is 1. The maximum Gasteiger partial charge on any atom is 0.309 e. The van der Waals surface area contributed by atoms with Gasteiger partial charge in [0.2, 0.25) is 0 Å². The van der Waals surface area contributed by atoms with Gasteiger partial charge in [-0.15, -0.1) is 0 Å². The Balaban J connectivity index is 0. The molecule has 1 N–H and O–H groups in total. The Morgan fingerprint density at radius 2 is 2.08 bits per heavy atom. The number of methoxy groups -OCH3 is 1. The summed E-state index contributed by atoms with van der Waals surface area (Å²) in [5, 5.41) is 3.20. The number of nitrogens with one attached hydrogen (secondary N) is 1. The summed E-state index contributed by atoms with van der Waals surface area (Å²) in [6.07, 6.45) is 0.958. The van der Waals surface area contributed by atoms with Crippen LogP contribution in [0.1, 0.15) is 28.6 Å². The monoisotopic (exact) mass is 189 g/mol. The summed E-state index contributed by atoms with van der Waals surface area (Å²) in [4.78, 5) is 11.1. The molecule has 1 aliphatic rings. The van der Waals surface area contributed by atoms with Gasteiger partial charge in [0, 0.05) is 7.97 Å². The molecule has 3 heteroatoms. The molecule has 0 aromatic heterocycles. The third-order valence-electron chi connectivity index (χ3n) is 2.10. The van der Waals surface area contributed by atoms with Gasteiger partial charge in [-0.2, -0.15) is 0 Å². The van der Waals surface area contributed by atoms with Crippen molar-refractivity contribution in [2.24, 2.45) is 11.8 Å². The highest BCUT2D eigenvalue weighted by atomic mass is 16.5. The Morgan fingerprint density at radius 1 is 1.46 bits per heavy atom. The SMILES string of the molecule is CC.COC(=O)[C@H]1CNC[C@H](C)C1.[HH]. The molecule has 0 radical (unpaired) electrons. The lowest BCUT2D eigenvalue weighted by molar-refractivity contribution is -0.146. The maximum atomic E-state index is 11.1. The summed E-state index contributed by atoms with van der Waals surface area (Å²) in [6, 6.07) is 0. The van der Waals surface area contributed by atoms with Crippen molar-refractivity contribution in [2.75, 3.05) is 20.2 Å². The molecule has 2 atom stereocenters. The van der Waals surface area contributed by atoms with Crippen molar-refractivity contribution >= 4 is 5.97 Å². The lowest BCUT2D eigenvalue weighted by atomic mass is 9.92. The predicted octanol–water partition coefficient (Wildman–Crippen LogP) is 1.68. The number of hydrogen-bond donors (Lipinski definition) is 1. The van der Waals surface area contributed by atoms with Crippen molar-refractivity contribution in [1.29, 1.82) is 0 Å². The van der Waals surface area contributed by atoms with Crippen LogP contribution in [0, 0.1) is 11.8 Å². The van der Waals surface area contributed by atoms with E-state index >= 15 is 0 Å². The van der Waals surface area contributed by atoms with E-state index in [1.165, 1.54) is 7.11 Å². The van der Waals surface area contributed by atoms with Crippen molar-refractivity contribution in [1.82, 2.24) is 5.32 Å². The molecule has 1 rings (SSSR count). The summed E-state index contributed by atoms with van der Waals surface area (Å²) in [6.45, 7) is 7.94. The molecular formula is C10H23NO2. The van der Waals surface area contributed by atoms with Gasteiger partial charge < -0.3 is 10.1 Å². The zero-order valence-corrected chi connectivity index (χ0v) is 9.09. The number of ether oxygens (including phenoxy) is 1. The molecule has 80 valence electrons. The van der Waals surface area contributed by atoms with E-state index in [0.717, 1.165) is 19.5 Å². The summed E-state index contributed by atoms with van der Waals surface area (Å²) < 4.78 is 4.66. The number of carbonyl (C=O) groups is 1. The Kier molecular flexibility index (Phi) is 6.59. The van der Waals surface area contributed by atoms with Gasteiger partial charge in [0.25, 0.3) is 0 Å². The number of hydrogen-bond acceptors (Lipinski definition) is 3. The first-order valence-corrected chi connectivity index (χ1v) is 5.02. The summed E-state index contributed by atoms with van der Waals surface area (Å²) in [7, 11) is 1.45. The van der Waals surface area contributed by atoms with Crippen LogP contribution in [0.4, 0.5) is 0 Å². The average molecular weight is 189 g/mol. The van der Waals surface area contributed by atoms with Crippen LogP contribution >= 0.6 is 0 Å². The van der Waals surface area contributed by atoms with Crippen molar-refractivity contribution in [2.45, 2.75) is 27.2 Å². The maximum absolute atomic E-state index is 11.1. The highest BCUT2D eigenvalue weighted by Gasteiger charge is 2.24. The fourth-order valence-corrected chi connectivity index (χ4v) is 1.50. The van der Waals surface area contributed by atoms with Crippen LogP contribution in [-0.2, 0) is 9.53 Å². The third-order valence-corrected chi connectivity index (χ3v) is 2.10. The third kappa shape index (κ3) is 4.27. The van der Waals surface area contributed by atoms with Gasteiger partial charge in [0.1, 0.15) is 0 Å². The van der Waals surface area contributed by atoms with Crippen LogP contribution in [0.2, 0.25) is 0 Å². The average Bonchev–Trinajstić information content (AvgIpc) is 2.20. The van der Waals surface area contributed by atoms with Crippen molar-refractivity contribution in [3.05, 3.63) is 0 Å². The number of rotatable bonds is 1. The normalized spacial score (nSPS) is 27.1. The smallest absolute Gasteiger partial charge is 0.309 e. The van der Waals surface area contributed by atoms with Gasteiger partial charge in [0.15, 0.2) is 0 Å². The first-order valence-electron chi connectivity index (χ1n) is 5.02. The van der Waals surface area contributed by atoms with Crippen LogP contribution in [0.5, 0.6) is 0 Å². The van der Waals surface area contributed by atoms with Gasteiger partial charge in [-0.3, -0.25) is 4.79 Å². The zero-order chi connectivity index (χ0) is 10.3. The van der Waals surface area contributed by atoms with Crippen LogP contribution in [0.15, 0.2) is 0 Å². The van der Waals surface area contributed by atoms with E-state index in [9.17, 15) is 4.79 Å². The predicted molar refractivity (Wildman–Crippen MR) is 55.6 cm³/mol. The quantitative estimate of drug-likeness (QED) is 0.638. The Hall–Kier alpha value is -0.570. The molecule has 0 aliphatic carbocycles. The first kappa shape index (κ1) is 12.4. The number of piperidine rings is 1. The second-order valence-electron chi connectivity index (χ2n) is 3.22. The molecule has 0 unspecified atom stereocenters. The Morgan fingerprint density at radius 3 is 2.54 bits per heavy atom. The Labute approximate surface area is 82.3 Å². The van der Waals surface area contributed by atoms with Crippen LogP contribution in [-0.4, -0.2) is 26.2 Å². The standard InChI is InChI=1S/C8H15NO2.C2H6.H2/c1-6-3-7(5-9-4-6)8(10)11-2;1-2;/h6-7,9H,3-5H2,1-2H3;1-2H3;1H/t6-,7-;;/m1../s1. The van der Waals surface area contributed by atoms with Crippen molar-refractivity contribution < 1.29 is 11.0 Å². The van der Waals surface area contributed by atoms with E-state index in [-0.39, 0.29) is 13.3 Å². The minimum absolute atomic E-state index is 0. The highest BCUT2D eigenvalue weighted by molar-refractivity contribution is 5.72. The van der Waals surface area contributed by atoms with Crippen LogP contribution < -0.4 is 5.32 Å². The molecule has 0 aromatic rings. The van der Waals surface area contributed by atoms with E-state index in [2.05, 4.69) is 17.0 Å². The molecule has 0 aromatic carbocycles. The Bertz CT molecular complexity index is 153. The second kappa shape index (κ2) is 6.89. The molecule has 1 fully saturated rings.